The molecular formula is C15H20ClN3O. The van der Waals surface area contributed by atoms with Crippen LogP contribution in [0.2, 0.25) is 5.02 Å². The Bertz CT molecular complexity index is 478. The minimum atomic E-state index is 0.678. The molecule has 0 aromatic heterocycles. The minimum absolute atomic E-state index is 0.678. The zero-order valence-electron chi connectivity index (χ0n) is 11.8. The Kier molecular flexibility index (Phi) is 5.66. The zero-order chi connectivity index (χ0) is 14.4. The molecule has 1 saturated heterocycles. The van der Waals surface area contributed by atoms with Gasteiger partial charge in [-0.2, -0.15) is 5.26 Å². The SMILES string of the molecule is CCOCCN1CCN(c2cc(Cl)ccc2C#N)CC1. The molecule has 0 unspecified atom stereocenters. The highest BCUT2D eigenvalue weighted by Crippen LogP contribution is 2.25. The first-order valence-electron chi connectivity index (χ1n) is 6.99. The van der Waals surface area contributed by atoms with E-state index in [1.54, 1.807) is 12.1 Å². The summed E-state index contributed by atoms with van der Waals surface area (Å²) in [5.41, 5.74) is 1.64. The Labute approximate surface area is 125 Å². The van der Waals surface area contributed by atoms with Crippen molar-refractivity contribution in [2.75, 3.05) is 50.8 Å². The maximum atomic E-state index is 9.19. The number of halogens is 1. The van der Waals surface area contributed by atoms with Crippen LogP contribution < -0.4 is 4.90 Å². The van der Waals surface area contributed by atoms with Gasteiger partial charge < -0.3 is 9.64 Å². The molecule has 1 aliphatic rings. The lowest BCUT2D eigenvalue weighted by Gasteiger charge is -2.36. The summed E-state index contributed by atoms with van der Waals surface area (Å²) in [7, 11) is 0. The summed E-state index contributed by atoms with van der Waals surface area (Å²) in [4.78, 5) is 4.63. The summed E-state index contributed by atoms with van der Waals surface area (Å²) in [6, 6.07) is 7.68. The first-order valence-corrected chi connectivity index (χ1v) is 7.37. The lowest BCUT2D eigenvalue weighted by Crippen LogP contribution is -2.47. The van der Waals surface area contributed by atoms with E-state index in [4.69, 9.17) is 16.3 Å². The maximum absolute atomic E-state index is 9.19. The lowest BCUT2D eigenvalue weighted by molar-refractivity contribution is 0.111. The van der Waals surface area contributed by atoms with Gasteiger partial charge in [0.1, 0.15) is 6.07 Å². The molecule has 2 rings (SSSR count). The van der Waals surface area contributed by atoms with Crippen molar-refractivity contribution in [3.63, 3.8) is 0 Å². The Morgan fingerprint density at radius 3 is 2.70 bits per heavy atom. The van der Waals surface area contributed by atoms with Crippen LogP contribution in [0, 0.1) is 11.3 Å². The molecule has 1 fully saturated rings. The second kappa shape index (κ2) is 7.49. The van der Waals surface area contributed by atoms with Gasteiger partial charge in [-0.1, -0.05) is 11.6 Å². The van der Waals surface area contributed by atoms with Crippen molar-refractivity contribution in [2.45, 2.75) is 6.92 Å². The number of hydrogen-bond donors (Lipinski definition) is 0. The highest BCUT2D eigenvalue weighted by molar-refractivity contribution is 6.30. The molecule has 1 aliphatic heterocycles. The first-order chi connectivity index (χ1) is 9.74. The molecular weight excluding hydrogens is 274 g/mol. The summed E-state index contributed by atoms with van der Waals surface area (Å²) >= 11 is 6.04. The number of anilines is 1. The van der Waals surface area contributed by atoms with Gasteiger partial charge in [0.2, 0.25) is 0 Å². The van der Waals surface area contributed by atoms with Crippen LogP contribution in [0.3, 0.4) is 0 Å². The predicted molar refractivity (Wildman–Crippen MR) is 81.3 cm³/mol. The average Bonchev–Trinajstić information content (AvgIpc) is 2.48. The topological polar surface area (TPSA) is 39.5 Å². The Hall–Kier alpha value is -1.28. The minimum Gasteiger partial charge on any atom is -0.380 e. The Morgan fingerprint density at radius 1 is 1.30 bits per heavy atom. The van der Waals surface area contributed by atoms with Crippen molar-refractivity contribution in [3.8, 4) is 6.07 Å². The van der Waals surface area contributed by atoms with Crippen molar-refractivity contribution in [1.29, 1.82) is 5.26 Å². The third-order valence-corrected chi connectivity index (χ3v) is 3.78. The van der Waals surface area contributed by atoms with Gasteiger partial charge in [0.05, 0.1) is 17.9 Å². The molecule has 0 aliphatic carbocycles. The molecule has 4 nitrogen and oxygen atoms in total. The number of piperazine rings is 1. The zero-order valence-corrected chi connectivity index (χ0v) is 12.6. The summed E-state index contributed by atoms with van der Waals surface area (Å²) in [6.45, 7) is 8.37. The number of rotatable bonds is 5. The standard InChI is InChI=1S/C15H20ClN3O/c1-2-20-10-9-18-5-7-19(8-6-18)15-11-14(16)4-3-13(15)12-17/h3-4,11H,2,5-10H2,1H3. The average molecular weight is 294 g/mol. The highest BCUT2D eigenvalue weighted by Gasteiger charge is 2.19. The van der Waals surface area contributed by atoms with Crippen LogP contribution in [0.25, 0.3) is 0 Å². The van der Waals surface area contributed by atoms with Gasteiger partial charge >= 0.3 is 0 Å². The van der Waals surface area contributed by atoms with E-state index in [0.29, 0.717) is 10.6 Å². The van der Waals surface area contributed by atoms with Gasteiger partial charge in [-0.25, -0.2) is 0 Å². The largest absolute Gasteiger partial charge is 0.380 e. The fraction of sp³-hybridized carbons (Fsp3) is 0.533. The highest BCUT2D eigenvalue weighted by atomic mass is 35.5. The molecule has 1 aromatic carbocycles. The molecule has 0 atom stereocenters. The number of nitrogens with zero attached hydrogens (tertiary/aromatic N) is 3. The van der Waals surface area contributed by atoms with Crippen molar-refractivity contribution >= 4 is 17.3 Å². The molecule has 1 aromatic rings. The van der Waals surface area contributed by atoms with Crippen LogP contribution in [0.5, 0.6) is 0 Å². The van der Waals surface area contributed by atoms with E-state index in [1.807, 2.05) is 13.0 Å². The fourth-order valence-corrected chi connectivity index (χ4v) is 2.58. The molecule has 5 heteroatoms. The van der Waals surface area contributed by atoms with Crippen molar-refractivity contribution < 1.29 is 4.74 Å². The normalized spacial score (nSPS) is 16.1. The van der Waals surface area contributed by atoms with Gasteiger partial charge in [-0.3, -0.25) is 4.90 Å². The molecule has 108 valence electrons. The third-order valence-electron chi connectivity index (χ3n) is 3.55. The maximum Gasteiger partial charge on any atom is 0.101 e. The monoisotopic (exact) mass is 293 g/mol. The van der Waals surface area contributed by atoms with Crippen molar-refractivity contribution in [1.82, 2.24) is 4.90 Å². The second-order valence-electron chi connectivity index (χ2n) is 4.80. The second-order valence-corrected chi connectivity index (χ2v) is 5.24. The molecule has 0 N–H and O–H groups in total. The first kappa shape index (κ1) is 15.1. The van der Waals surface area contributed by atoms with Crippen LogP contribution >= 0.6 is 11.6 Å². The van der Waals surface area contributed by atoms with Crippen molar-refractivity contribution in [2.24, 2.45) is 0 Å². The number of hydrogen-bond acceptors (Lipinski definition) is 4. The van der Waals surface area contributed by atoms with Gasteiger partial charge in [-0.05, 0) is 25.1 Å². The van der Waals surface area contributed by atoms with E-state index >= 15 is 0 Å². The number of benzene rings is 1. The number of nitriles is 1. The summed E-state index contributed by atoms with van der Waals surface area (Å²) in [5, 5.41) is 9.87. The molecule has 0 spiro atoms. The van der Waals surface area contributed by atoms with E-state index in [2.05, 4.69) is 15.9 Å². The Balaban J connectivity index is 1.94. The van der Waals surface area contributed by atoms with E-state index in [-0.39, 0.29) is 0 Å². The van der Waals surface area contributed by atoms with Gasteiger partial charge in [0.25, 0.3) is 0 Å². The van der Waals surface area contributed by atoms with Crippen molar-refractivity contribution in [3.05, 3.63) is 28.8 Å². The van der Waals surface area contributed by atoms with Gasteiger partial charge in [0, 0.05) is 44.4 Å². The van der Waals surface area contributed by atoms with E-state index in [0.717, 1.165) is 51.6 Å². The van der Waals surface area contributed by atoms with Crippen LogP contribution in [-0.4, -0.2) is 50.8 Å². The molecule has 0 amide bonds. The quantitative estimate of drug-likeness (QED) is 0.782. The van der Waals surface area contributed by atoms with Crippen LogP contribution in [0.1, 0.15) is 12.5 Å². The summed E-state index contributed by atoms with van der Waals surface area (Å²) < 4.78 is 5.38. The smallest absolute Gasteiger partial charge is 0.101 e. The molecule has 0 bridgehead atoms. The van der Waals surface area contributed by atoms with Crippen LogP contribution in [0.4, 0.5) is 5.69 Å². The predicted octanol–water partition coefficient (Wildman–Crippen LogP) is 2.37. The summed E-state index contributed by atoms with van der Waals surface area (Å²) in [6.07, 6.45) is 0. The van der Waals surface area contributed by atoms with E-state index in [9.17, 15) is 5.26 Å². The van der Waals surface area contributed by atoms with Gasteiger partial charge in [-0.15, -0.1) is 0 Å². The molecule has 1 heterocycles. The number of ether oxygens (including phenoxy) is 1. The fourth-order valence-electron chi connectivity index (χ4n) is 2.41. The molecule has 0 radical (unpaired) electrons. The van der Waals surface area contributed by atoms with E-state index in [1.165, 1.54) is 0 Å². The van der Waals surface area contributed by atoms with Gasteiger partial charge in [0.15, 0.2) is 0 Å². The van der Waals surface area contributed by atoms with Crippen LogP contribution in [-0.2, 0) is 4.74 Å². The molecule has 20 heavy (non-hydrogen) atoms. The Morgan fingerprint density at radius 2 is 2.05 bits per heavy atom. The third kappa shape index (κ3) is 3.86. The van der Waals surface area contributed by atoms with Crippen LogP contribution in [0.15, 0.2) is 18.2 Å². The van der Waals surface area contributed by atoms with E-state index < -0.39 is 0 Å². The lowest BCUT2D eigenvalue weighted by atomic mass is 10.1. The summed E-state index contributed by atoms with van der Waals surface area (Å²) in [5.74, 6) is 0. The molecule has 0 saturated carbocycles.